The molecule has 2 aromatic carbocycles. The molecule has 1 amide bonds. The monoisotopic (exact) mass is 359 g/mol. The van der Waals surface area contributed by atoms with Gasteiger partial charge in [0.05, 0.1) is 11.4 Å². The van der Waals surface area contributed by atoms with Crippen LogP contribution in [0.3, 0.4) is 0 Å². The number of hydrogen-bond acceptors (Lipinski definition) is 3. The molecule has 1 heterocycles. The Hall–Kier alpha value is -2.88. The van der Waals surface area contributed by atoms with Crippen LogP contribution in [0.1, 0.15) is 53.4 Å². The van der Waals surface area contributed by atoms with Gasteiger partial charge in [-0.25, -0.2) is 0 Å². The molecule has 136 valence electrons. The van der Waals surface area contributed by atoms with Crippen molar-refractivity contribution >= 4 is 16.9 Å². The summed E-state index contributed by atoms with van der Waals surface area (Å²) in [4.78, 5) is 27.9. The zero-order chi connectivity index (χ0) is 18.4. The lowest BCUT2D eigenvalue weighted by Crippen LogP contribution is -2.38. The Bertz CT molecular complexity index is 1080. The Morgan fingerprint density at radius 1 is 1.00 bits per heavy atom. The first kappa shape index (κ1) is 16.3. The van der Waals surface area contributed by atoms with Crippen LogP contribution in [0.25, 0.3) is 11.0 Å². The number of para-hydroxylation sites is 1. The molecule has 0 bridgehead atoms. The van der Waals surface area contributed by atoms with Gasteiger partial charge in [0.25, 0.3) is 5.91 Å². The maximum Gasteiger partial charge on any atom is 0.290 e. The van der Waals surface area contributed by atoms with E-state index in [1.54, 1.807) is 18.2 Å². The molecule has 0 aliphatic heterocycles. The third kappa shape index (κ3) is 2.85. The number of carbonyl (C=O) groups is 1. The second-order valence-corrected chi connectivity index (χ2v) is 7.52. The van der Waals surface area contributed by atoms with Crippen molar-refractivity contribution in [1.82, 2.24) is 4.90 Å². The standard InChI is InChI=1S/C23H21NO3/c25-20-14-22(27-21-11-4-3-9-18(20)21)23(26)24(16-12-13-16)19-10-5-7-15-6-1-2-8-17(15)19/h1-4,6,8-9,11,14,16,19H,5,7,10,12-13H2. The number of nitrogens with zero attached hydrogens (tertiary/aromatic N) is 1. The first-order valence-electron chi connectivity index (χ1n) is 9.66. The predicted octanol–water partition coefficient (Wildman–Crippen LogP) is 4.48. The lowest BCUT2D eigenvalue weighted by atomic mass is 9.86. The van der Waals surface area contributed by atoms with E-state index in [0.717, 1.165) is 32.1 Å². The van der Waals surface area contributed by atoms with Gasteiger partial charge in [-0.2, -0.15) is 0 Å². The van der Waals surface area contributed by atoms with Gasteiger partial charge in [0.2, 0.25) is 0 Å². The SMILES string of the molecule is O=C(c1cc(=O)c2ccccc2o1)N(C1CC1)C1CCCc2ccccc21. The predicted molar refractivity (Wildman–Crippen MR) is 104 cm³/mol. The Labute approximate surface area is 157 Å². The number of hydrogen-bond donors (Lipinski definition) is 0. The Morgan fingerprint density at radius 3 is 2.63 bits per heavy atom. The number of carbonyl (C=O) groups excluding carboxylic acids is 1. The summed E-state index contributed by atoms with van der Waals surface area (Å²) in [6.45, 7) is 0. The first-order valence-corrected chi connectivity index (χ1v) is 9.66. The van der Waals surface area contributed by atoms with Gasteiger partial charge in [-0.15, -0.1) is 0 Å². The zero-order valence-corrected chi connectivity index (χ0v) is 15.1. The summed E-state index contributed by atoms with van der Waals surface area (Å²) in [5.41, 5.74) is 2.87. The molecule has 1 fully saturated rings. The van der Waals surface area contributed by atoms with Gasteiger partial charge in [-0.3, -0.25) is 9.59 Å². The minimum absolute atomic E-state index is 0.0618. The molecule has 0 N–H and O–H groups in total. The molecule has 4 heteroatoms. The number of rotatable bonds is 3. The van der Waals surface area contributed by atoms with Gasteiger partial charge < -0.3 is 9.32 Å². The molecule has 2 aliphatic carbocycles. The maximum absolute atomic E-state index is 13.4. The second-order valence-electron chi connectivity index (χ2n) is 7.52. The second kappa shape index (κ2) is 6.38. The first-order chi connectivity index (χ1) is 13.2. The van der Waals surface area contributed by atoms with E-state index < -0.39 is 0 Å². The van der Waals surface area contributed by atoms with Crippen LogP contribution >= 0.6 is 0 Å². The molecule has 1 unspecified atom stereocenters. The highest BCUT2D eigenvalue weighted by atomic mass is 16.3. The summed E-state index contributed by atoms with van der Waals surface area (Å²) in [6, 6.07) is 17.1. The highest BCUT2D eigenvalue weighted by molar-refractivity contribution is 5.94. The molecule has 2 aliphatic rings. The van der Waals surface area contributed by atoms with Gasteiger partial charge in [-0.1, -0.05) is 36.4 Å². The normalized spacial score (nSPS) is 18.9. The average Bonchev–Trinajstić information content (AvgIpc) is 3.53. The van der Waals surface area contributed by atoms with E-state index in [1.165, 1.54) is 17.2 Å². The van der Waals surface area contributed by atoms with E-state index in [2.05, 4.69) is 18.2 Å². The van der Waals surface area contributed by atoms with Crippen molar-refractivity contribution in [1.29, 1.82) is 0 Å². The van der Waals surface area contributed by atoms with Gasteiger partial charge in [0.15, 0.2) is 11.2 Å². The fourth-order valence-corrected chi connectivity index (χ4v) is 4.27. The maximum atomic E-state index is 13.4. The van der Waals surface area contributed by atoms with E-state index in [9.17, 15) is 9.59 Å². The van der Waals surface area contributed by atoms with Crippen LogP contribution in [0, 0.1) is 0 Å². The van der Waals surface area contributed by atoms with Crippen molar-refractivity contribution in [3.8, 4) is 0 Å². The molecule has 0 radical (unpaired) electrons. The van der Waals surface area contributed by atoms with Gasteiger partial charge in [0, 0.05) is 12.1 Å². The van der Waals surface area contributed by atoms with Crippen molar-refractivity contribution in [2.75, 3.05) is 0 Å². The highest BCUT2D eigenvalue weighted by Crippen LogP contribution is 2.41. The van der Waals surface area contributed by atoms with Crippen LogP contribution in [0.5, 0.6) is 0 Å². The molecule has 0 spiro atoms. The molecule has 1 atom stereocenters. The van der Waals surface area contributed by atoms with Crippen molar-refractivity contribution in [3.63, 3.8) is 0 Å². The van der Waals surface area contributed by atoms with Crippen LogP contribution in [-0.2, 0) is 6.42 Å². The van der Waals surface area contributed by atoms with E-state index in [-0.39, 0.29) is 29.2 Å². The van der Waals surface area contributed by atoms with Crippen molar-refractivity contribution in [3.05, 3.63) is 81.7 Å². The van der Waals surface area contributed by atoms with Crippen molar-refractivity contribution in [2.24, 2.45) is 0 Å². The fourth-order valence-electron chi connectivity index (χ4n) is 4.27. The Kier molecular flexibility index (Phi) is 3.85. The van der Waals surface area contributed by atoms with Gasteiger partial charge in [-0.05, 0) is 55.4 Å². The lowest BCUT2D eigenvalue weighted by molar-refractivity contribution is 0.0605. The van der Waals surface area contributed by atoms with E-state index >= 15 is 0 Å². The summed E-state index contributed by atoms with van der Waals surface area (Å²) in [6.07, 6.45) is 5.12. The molecule has 5 rings (SSSR count). The quantitative estimate of drug-likeness (QED) is 0.693. The van der Waals surface area contributed by atoms with Crippen molar-refractivity contribution in [2.45, 2.75) is 44.2 Å². The number of fused-ring (bicyclic) bond motifs is 2. The molecule has 3 aromatic rings. The van der Waals surface area contributed by atoms with Crippen molar-refractivity contribution < 1.29 is 9.21 Å². The smallest absolute Gasteiger partial charge is 0.290 e. The molecule has 1 saturated carbocycles. The largest absolute Gasteiger partial charge is 0.451 e. The lowest BCUT2D eigenvalue weighted by Gasteiger charge is -2.36. The molecular formula is C23H21NO3. The van der Waals surface area contributed by atoms with E-state index in [1.807, 2.05) is 17.0 Å². The molecular weight excluding hydrogens is 338 g/mol. The summed E-state index contributed by atoms with van der Waals surface area (Å²) < 4.78 is 5.85. The Balaban J connectivity index is 1.57. The highest BCUT2D eigenvalue weighted by Gasteiger charge is 2.40. The fraction of sp³-hybridized carbons (Fsp3) is 0.304. The number of aryl methyl sites for hydroxylation is 1. The average molecular weight is 359 g/mol. The molecule has 0 saturated heterocycles. The third-order valence-electron chi connectivity index (χ3n) is 5.69. The van der Waals surface area contributed by atoms with Crippen LogP contribution in [-0.4, -0.2) is 16.8 Å². The van der Waals surface area contributed by atoms with Gasteiger partial charge in [0.1, 0.15) is 5.58 Å². The molecule has 27 heavy (non-hydrogen) atoms. The summed E-state index contributed by atoms with van der Waals surface area (Å²) in [5.74, 6) is -0.0179. The minimum atomic E-state index is -0.167. The Morgan fingerprint density at radius 2 is 1.78 bits per heavy atom. The van der Waals surface area contributed by atoms with E-state index in [0.29, 0.717) is 11.0 Å². The zero-order valence-electron chi connectivity index (χ0n) is 15.1. The summed E-state index contributed by atoms with van der Waals surface area (Å²) >= 11 is 0. The number of amides is 1. The summed E-state index contributed by atoms with van der Waals surface area (Å²) in [5, 5.41) is 0.509. The summed E-state index contributed by atoms with van der Waals surface area (Å²) in [7, 11) is 0. The minimum Gasteiger partial charge on any atom is -0.451 e. The van der Waals surface area contributed by atoms with Crippen LogP contribution in [0.4, 0.5) is 0 Å². The topological polar surface area (TPSA) is 50.5 Å². The van der Waals surface area contributed by atoms with Gasteiger partial charge >= 0.3 is 0 Å². The molecule has 1 aromatic heterocycles. The van der Waals surface area contributed by atoms with E-state index in [4.69, 9.17) is 4.42 Å². The number of benzene rings is 2. The molecule has 4 nitrogen and oxygen atoms in total. The van der Waals surface area contributed by atoms with Crippen LogP contribution < -0.4 is 5.43 Å². The third-order valence-corrected chi connectivity index (χ3v) is 5.69. The van der Waals surface area contributed by atoms with Crippen LogP contribution in [0.15, 0.2) is 63.8 Å². The van der Waals surface area contributed by atoms with Crippen LogP contribution in [0.2, 0.25) is 0 Å².